The van der Waals surface area contributed by atoms with Crippen LogP contribution in [0.5, 0.6) is 5.75 Å². The van der Waals surface area contributed by atoms with Crippen LogP contribution in [0, 0.1) is 10.1 Å². The van der Waals surface area contributed by atoms with Gasteiger partial charge in [-0.1, -0.05) is 29.8 Å². The number of carbonyl (C=O) groups is 1. The molecule has 2 aromatic rings. The molecule has 9 nitrogen and oxygen atoms in total. The molecule has 0 amide bonds. The minimum atomic E-state index is -4.32. The normalized spacial score (nSPS) is 11.0. The number of rotatable bonds is 8. The van der Waals surface area contributed by atoms with Gasteiger partial charge in [-0.3, -0.25) is 14.9 Å². The first kappa shape index (κ1) is 20.6. The zero-order valence-electron chi connectivity index (χ0n) is 14.0. The largest absolute Gasteiger partial charge is 0.497 e. The number of benzene rings is 2. The summed E-state index contributed by atoms with van der Waals surface area (Å²) < 4.78 is 36.4. The molecule has 1 N–H and O–H groups in total. The number of sulfonamides is 1. The highest BCUT2D eigenvalue weighted by Crippen LogP contribution is 2.28. The highest BCUT2D eigenvalue weighted by atomic mass is 35.5. The summed E-state index contributed by atoms with van der Waals surface area (Å²) in [6.07, 6.45) is 0. The molecule has 11 heteroatoms. The number of nitro groups is 1. The molecule has 0 aliphatic rings. The van der Waals surface area contributed by atoms with E-state index >= 15 is 0 Å². The third-order valence-electron chi connectivity index (χ3n) is 3.41. The number of carbonyl (C=O) groups excluding carboxylic acids is 1. The lowest BCUT2D eigenvalue weighted by Gasteiger charge is -2.09. The van der Waals surface area contributed by atoms with Gasteiger partial charge in [0.25, 0.3) is 5.69 Å². The highest BCUT2D eigenvalue weighted by molar-refractivity contribution is 7.89. The predicted octanol–water partition coefficient (Wildman–Crippen LogP) is 2.28. The van der Waals surface area contributed by atoms with Crippen LogP contribution in [-0.4, -0.2) is 33.0 Å². The van der Waals surface area contributed by atoms with Gasteiger partial charge < -0.3 is 9.47 Å². The molecule has 0 fully saturated rings. The van der Waals surface area contributed by atoms with Crippen LogP contribution in [0.15, 0.2) is 47.4 Å². The van der Waals surface area contributed by atoms with Gasteiger partial charge in [0, 0.05) is 10.6 Å². The van der Waals surface area contributed by atoms with Gasteiger partial charge in [0.05, 0.1) is 18.1 Å². The molecule has 27 heavy (non-hydrogen) atoms. The van der Waals surface area contributed by atoms with Crippen molar-refractivity contribution >= 4 is 33.3 Å². The molecule has 2 aromatic carbocycles. The summed E-state index contributed by atoms with van der Waals surface area (Å²) in [6.45, 7) is -0.834. The summed E-state index contributed by atoms with van der Waals surface area (Å²) in [5.41, 5.74) is -0.118. The van der Waals surface area contributed by atoms with Gasteiger partial charge in [-0.25, -0.2) is 8.42 Å². The van der Waals surface area contributed by atoms with Crippen molar-refractivity contribution in [3.63, 3.8) is 0 Å². The molecule has 0 aromatic heterocycles. The summed E-state index contributed by atoms with van der Waals surface area (Å²) in [5.74, 6) is -0.741. The van der Waals surface area contributed by atoms with Crippen molar-refractivity contribution in [3.8, 4) is 5.75 Å². The Hall–Kier alpha value is -2.69. The highest BCUT2D eigenvalue weighted by Gasteiger charge is 2.27. The van der Waals surface area contributed by atoms with Crippen molar-refractivity contribution in [1.29, 1.82) is 0 Å². The van der Waals surface area contributed by atoms with Gasteiger partial charge in [-0.05, 0) is 18.2 Å². The Morgan fingerprint density at radius 2 is 1.96 bits per heavy atom. The van der Waals surface area contributed by atoms with Gasteiger partial charge in [-0.2, -0.15) is 4.72 Å². The quantitative estimate of drug-likeness (QED) is 0.399. The lowest BCUT2D eigenvalue weighted by molar-refractivity contribution is -0.387. The smallest absolute Gasteiger partial charge is 0.321 e. The lowest BCUT2D eigenvalue weighted by atomic mass is 10.2. The van der Waals surface area contributed by atoms with Crippen LogP contribution in [-0.2, 0) is 26.2 Å². The molecule has 0 atom stereocenters. The molecule has 0 unspecified atom stereocenters. The molecule has 2 rings (SSSR count). The molecule has 144 valence electrons. The average Bonchev–Trinajstić information content (AvgIpc) is 2.65. The van der Waals surface area contributed by atoms with Gasteiger partial charge in [-0.15, -0.1) is 0 Å². The van der Waals surface area contributed by atoms with Crippen molar-refractivity contribution < 1.29 is 27.6 Å². The molecular weight excluding hydrogens is 400 g/mol. The van der Waals surface area contributed by atoms with E-state index in [1.165, 1.54) is 13.2 Å². The van der Waals surface area contributed by atoms with E-state index in [4.69, 9.17) is 21.1 Å². The van der Waals surface area contributed by atoms with Gasteiger partial charge >= 0.3 is 5.97 Å². The minimum Gasteiger partial charge on any atom is -0.497 e. The maximum atomic E-state index is 12.3. The Kier molecular flexibility index (Phi) is 6.72. The molecule has 0 aliphatic heterocycles. The number of hydrogen-bond acceptors (Lipinski definition) is 7. The van der Waals surface area contributed by atoms with E-state index in [2.05, 4.69) is 0 Å². The summed E-state index contributed by atoms with van der Waals surface area (Å²) in [4.78, 5) is 21.5. The van der Waals surface area contributed by atoms with Crippen LogP contribution >= 0.6 is 11.6 Å². The van der Waals surface area contributed by atoms with Crippen molar-refractivity contribution in [2.45, 2.75) is 11.5 Å². The summed E-state index contributed by atoms with van der Waals surface area (Å²) in [5, 5.41) is 11.5. The first-order valence-corrected chi connectivity index (χ1v) is 9.32. The Labute approximate surface area is 160 Å². The SMILES string of the molecule is COc1ccc(S(=O)(=O)NCC(=O)OCc2ccccc2Cl)c([N+](=O)[O-])c1. The number of nitrogens with one attached hydrogen (secondary N) is 1. The van der Waals surface area contributed by atoms with Crippen molar-refractivity contribution in [2.75, 3.05) is 13.7 Å². The number of hydrogen-bond donors (Lipinski definition) is 1. The third kappa shape index (κ3) is 5.39. The number of halogens is 1. The lowest BCUT2D eigenvalue weighted by Crippen LogP contribution is -2.31. The number of nitro benzene ring substituents is 1. The second-order valence-corrected chi connectivity index (χ2v) is 7.31. The van der Waals surface area contributed by atoms with Gasteiger partial charge in [0.15, 0.2) is 4.90 Å². The molecule has 0 bridgehead atoms. The van der Waals surface area contributed by atoms with E-state index in [0.29, 0.717) is 10.6 Å². The molecule has 0 aliphatic carbocycles. The van der Waals surface area contributed by atoms with Crippen molar-refractivity contribution in [2.24, 2.45) is 0 Å². The first-order valence-electron chi connectivity index (χ1n) is 7.45. The fraction of sp³-hybridized carbons (Fsp3) is 0.188. The van der Waals surface area contributed by atoms with E-state index in [1.54, 1.807) is 24.3 Å². The monoisotopic (exact) mass is 414 g/mol. The zero-order valence-corrected chi connectivity index (χ0v) is 15.6. The summed E-state index contributed by atoms with van der Waals surface area (Å²) >= 11 is 5.93. The third-order valence-corrected chi connectivity index (χ3v) is 5.22. The van der Waals surface area contributed by atoms with E-state index in [1.807, 2.05) is 4.72 Å². The van der Waals surface area contributed by atoms with E-state index in [0.717, 1.165) is 12.1 Å². The second-order valence-electron chi connectivity index (χ2n) is 5.17. The van der Waals surface area contributed by atoms with E-state index in [-0.39, 0.29) is 12.4 Å². The van der Waals surface area contributed by atoms with Crippen LogP contribution < -0.4 is 9.46 Å². The van der Waals surface area contributed by atoms with E-state index < -0.39 is 38.0 Å². The Bertz CT molecular complexity index is 963. The number of esters is 1. The molecule has 0 spiro atoms. The number of methoxy groups -OCH3 is 1. The standard InChI is InChI=1S/C16H15ClN2O7S/c1-25-12-6-7-15(14(8-12)19(21)22)27(23,24)18-9-16(20)26-10-11-4-2-3-5-13(11)17/h2-8,18H,9-10H2,1H3. The van der Waals surface area contributed by atoms with Crippen molar-refractivity contribution in [1.82, 2.24) is 4.72 Å². The molecule has 0 saturated heterocycles. The fourth-order valence-corrected chi connectivity index (χ4v) is 3.36. The summed E-state index contributed by atoms with van der Waals surface area (Å²) in [6, 6.07) is 9.96. The zero-order chi connectivity index (χ0) is 20.0. The average molecular weight is 415 g/mol. The van der Waals surface area contributed by atoms with Crippen LogP contribution in [0.1, 0.15) is 5.56 Å². The summed E-state index contributed by atoms with van der Waals surface area (Å²) in [7, 11) is -3.03. The molecule has 0 heterocycles. The van der Waals surface area contributed by atoms with Crippen LogP contribution in [0.25, 0.3) is 0 Å². The number of nitrogens with zero attached hydrogens (tertiary/aromatic N) is 1. The Morgan fingerprint density at radius 1 is 1.26 bits per heavy atom. The molecule has 0 radical (unpaired) electrons. The van der Waals surface area contributed by atoms with Gasteiger partial charge in [0.2, 0.25) is 10.0 Å². The van der Waals surface area contributed by atoms with Gasteiger partial charge in [0.1, 0.15) is 18.9 Å². The first-order chi connectivity index (χ1) is 12.7. The molecular formula is C16H15ClN2O7S. The number of ether oxygens (including phenoxy) is 2. The predicted molar refractivity (Wildman–Crippen MR) is 96.1 cm³/mol. The maximum Gasteiger partial charge on any atom is 0.321 e. The Morgan fingerprint density at radius 3 is 2.59 bits per heavy atom. The van der Waals surface area contributed by atoms with Crippen LogP contribution in [0.4, 0.5) is 5.69 Å². The van der Waals surface area contributed by atoms with Crippen LogP contribution in [0.3, 0.4) is 0 Å². The van der Waals surface area contributed by atoms with E-state index in [9.17, 15) is 23.3 Å². The van der Waals surface area contributed by atoms with Crippen LogP contribution in [0.2, 0.25) is 5.02 Å². The maximum absolute atomic E-state index is 12.3. The molecule has 0 saturated carbocycles. The van der Waals surface area contributed by atoms with Crippen molar-refractivity contribution in [3.05, 3.63) is 63.2 Å². The minimum absolute atomic E-state index is 0.125. The fourth-order valence-electron chi connectivity index (χ4n) is 2.05. The topological polar surface area (TPSA) is 125 Å². The second kappa shape index (κ2) is 8.80. The Balaban J connectivity index is 2.05.